The summed E-state index contributed by atoms with van der Waals surface area (Å²) in [5.41, 5.74) is -0.396. The number of rotatable bonds is 7. The van der Waals surface area contributed by atoms with Crippen LogP contribution >= 0.6 is 0 Å². The van der Waals surface area contributed by atoms with E-state index < -0.39 is 17.8 Å². The average Bonchev–Trinajstić information content (AvgIpc) is 3.42. The third-order valence-electron chi connectivity index (χ3n) is 5.55. The number of benzene rings is 1. The van der Waals surface area contributed by atoms with Crippen molar-refractivity contribution in [2.45, 2.75) is 19.1 Å². The fourth-order valence-electron chi connectivity index (χ4n) is 3.66. The molecule has 0 aliphatic carbocycles. The lowest BCUT2D eigenvalue weighted by Gasteiger charge is -2.24. The van der Waals surface area contributed by atoms with E-state index in [4.69, 9.17) is 0 Å². The molecule has 0 saturated carbocycles. The topological polar surface area (TPSA) is 96.5 Å². The third-order valence-corrected chi connectivity index (χ3v) is 5.55. The number of aryl methyl sites for hydroxylation is 1. The van der Waals surface area contributed by atoms with E-state index in [9.17, 15) is 18.0 Å². The molecule has 13 heteroatoms. The van der Waals surface area contributed by atoms with Gasteiger partial charge in [-0.25, -0.2) is 9.97 Å². The smallest absolute Gasteiger partial charge is 0.343 e. The first-order chi connectivity index (χ1) is 16.5. The highest BCUT2D eigenvalue weighted by atomic mass is 19.4. The number of anilines is 1. The van der Waals surface area contributed by atoms with Crippen LogP contribution in [0.2, 0.25) is 0 Å². The summed E-state index contributed by atoms with van der Waals surface area (Å²) in [7, 11) is 7.21. The summed E-state index contributed by atoms with van der Waals surface area (Å²) in [6.07, 6.45) is -1.36. The summed E-state index contributed by atoms with van der Waals surface area (Å²) in [6, 6.07) is 3.02. The number of para-hydroxylation sites is 1. The molecule has 0 saturated heterocycles. The quantitative estimate of drug-likeness (QED) is 0.426. The number of carbonyl (C=O) groups excluding carboxylic acids is 1. The van der Waals surface area contributed by atoms with Crippen molar-refractivity contribution < 1.29 is 18.0 Å². The molecule has 0 aliphatic rings. The van der Waals surface area contributed by atoms with E-state index in [1.54, 1.807) is 43.0 Å². The van der Waals surface area contributed by atoms with E-state index in [2.05, 4.69) is 25.5 Å². The van der Waals surface area contributed by atoms with Crippen LogP contribution in [0.5, 0.6) is 0 Å². The molecule has 0 aliphatic heterocycles. The second-order valence-electron chi connectivity index (χ2n) is 8.64. The molecule has 0 fully saturated rings. The predicted molar refractivity (Wildman–Crippen MR) is 125 cm³/mol. The molecule has 1 atom stereocenters. The zero-order valence-electron chi connectivity index (χ0n) is 20.0. The second kappa shape index (κ2) is 9.13. The number of likely N-dealkylation sites (N-methyl/N-ethyl adjacent to an activating group) is 2. The summed E-state index contributed by atoms with van der Waals surface area (Å²) >= 11 is 0. The van der Waals surface area contributed by atoms with Crippen molar-refractivity contribution in [1.29, 1.82) is 0 Å². The number of aromatic nitrogens is 6. The van der Waals surface area contributed by atoms with E-state index in [1.165, 1.54) is 16.6 Å². The zero-order chi connectivity index (χ0) is 25.5. The van der Waals surface area contributed by atoms with Crippen LogP contribution in [0.25, 0.3) is 27.9 Å². The van der Waals surface area contributed by atoms with E-state index in [0.717, 1.165) is 6.07 Å². The number of hydrogen-bond donors (Lipinski definition) is 1. The number of nitrogens with zero attached hydrogens (tertiary/aromatic N) is 8. The van der Waals surface area contributed by atoms with Gasteiger partial charge in [-0.3, -0.25) is 9.48 Å². The number of nitrogens with one attached hydrogen (secondary N) is 1. The van der Waals surface area contributed by atoms with Crippen molar-refractivity contribution in [2.75, 3.05) is 39.5 Å². The molecule has 1 aromatic carbocycles. The van der Waals surface area contributed by atoms with E-state index in [0.29, 0.717) is 18.7 Å². The summed E-state index contributed by atoms with van der Waals surface area (Å²) in [4.78, 5) is 25.2. The Labute approximate surface area is 199 Å². The Balaban J connectivity index is 1.82. The minimum absolute atomic E-state index is 0.0197. The first-order valence-corrected chi connectivity index (χ1v) is 10.9. The molecule has 0 bridgehead atoms. The number of fused-ring (bicyclic) bond motifs is 3. The maximum absolute atomic E-state index is 13.8. The lowest BCUT2D eigenvalue weighted by atomic mass is 10.1. The molecule has 4 aromatic rings. The highest BCUT2D eigenvalue weighted by Crippen LogP contribution is 2.36. The molecule has 3 aromatic heterocycles. The van der Waals surface area contributed by atoms with Gasteiger partial charge >= 0.3 is 6.18 Å². The van der Waals surface area contributed by atoms with Gasteiger partial charge in [0, 0.05) is 38.8 Å². The summed E-state index contributed by atoms with van der Waals surface area (Å²) in [6.45, 7) is 2.78. The van der Waals surface area contributed by atoms with E-state index in [1.807, 2.05) is 19.0 Å². The van der Waals surface area contributed by atoms with Crippen LogP contribution in [-0.2, 0) is 18.0 Å². The molecule has 186 valence electrons. The molecule has 1 amide bonds. The molecular weight excluding hydrogens is 463 g/mol. The van der Waals surface area contributed by atoms with Gasteiger partial charge in [-0.05, 0) is 33.2 Å². The van der Waals surface area contributed by atoms with Gasteiger partial charge in [0.1, 0.15) is 6.04 Å². The largest absolute Gasteiger partial charge is 0.418 e. The van der Waals surface area contributed by atoms with Gasteiger partial charge in [-0.2, -0.15) is 22.8 Å². The van der Waals surface area contributed by atoms with Gasteiger partial charge in [-0.1, -0.05) is 6.07 Å². The van der Waals surface area contributed by atoms with Crippen LogP contribution in [0.1, 0.15) is 12.5 Å². The summed E-state index contributed by atoms with van der Waals surface area (Å²) in [5.74, 6) is 0.0160. The van der Waals surface area contributed by atoms with Crippen molar-refractivity contribution in [3.63, 3.8) is 0 Å². The van der Waals surface area contributed by atoms with Gasteiger partial charge < -0.3 is 15.1 Å². The van der Waals surface area contributed by atoms with Crippen LogP contribution in [0.15, 0.2) is 30.6 Å². The van der Waals surface area contributed by atoms with Gasteiger partial charge in [0.15, 0.2) is 11.5 Å². The van der Waals surface area contributed by atoms with Gasteiger partial charge in [0.05, 0.1) is 22.8 Å². The van der Waals surface area contributed by atoms with Crippen LogP contribution < -0.4 is 5.32 Å². The van der Waals surface area contributed by atoms with Crippen molar-refractivity contribution in [2.24, 2.45) is 7.05 Å². The highest BCUT2D eigenvalue weighted by Gasteiger charge is 2.34. The Morgan fingerprint density at radius 1 is 1.17 bits per heavy atom. The average molecular weight is 490 g/mol. The Hall–Kier alpha value is -3.74. The molecular formula is C22H26F3N9O. The Kier molecular flexibility index (Phi) is 6.36. The van der Waals surface area contributed by atoms with Crippen LogP contribution in [0.3, 0.4) is 0 Å². The lowest BCUT2D eigenvalue weighted by Crippen LogP contribution is -2.42. The molecule has 35 heavy (non-hydrogen) atoms. The Bertz CT molecular complexity index is 1380. The maximum atomic E-state index is 13.8. The maximum Gasteiger partial charge on any atom is 0.418 e. The van der Waals surface area contributed by atoms with Gasteiger partial charge in [0.2, 0.25) is 11.9 Å². The molecule has 3 heterocycles. The van der Waals surface area contributed by atoms with Gasteiger partial charge in [-0.15, -0.1) is 5.10 Å². The minimum Gasteiger partial charge on any atom is -0.343 e. The van der Waals surface area contributed by atoms with Crippen molar-refractivity contribution in [3.8, 4) is 11.4 Å². The highest BCUT2D eigenvalue weighted by molar-refractivity contribution is 5.95. The molecule has 10 nitrogen and oxygen atoms in total. The lowest BCUT2D eigenvalue weighted by molar-refractivity contribution is -0.136. The molecule has 0 radical (unpaired) electrons. The Morgan fingerprint density at radius 3 is 2.54 bits per heavy atom. The van der Waals surface area contributed by atoms with Crippen LogP contribution in [0, 0.1) is 0 Å². The predicted octanol–water partition coefficient (Wildman–Crippen LogP) is 2.52. The number of alkyl halides is 3. The third kappa shape index (κ3) is 4.90. The van der Waals surface area contributed by atoms with Crippen LogP contribution in [-0.4, -0.2) is 85.3 Å². The standard InChI is InChI=1S/C22H26F3N9O/c1-13(20(35)32(4)10-9-31(2)3)27-21-28-17-15(7-6-8-16(17)22(23,24)25)19-29-18(30-34(19)21)14-11-26-33(5)12-14/h6-8,11-13H,9-10H2,1-5H3,(H,27,28)/t13-/m1/s1. The Morgan fingerprint density at radius 2 is 1.91 bits per heavy atom. The molecule has 1 N–H and O–H groups in total. The van der Waals surface area contributed by atoms with E-state index >= 15 is 0 Å². The number of carbonyl (C=O) groups is 1. The summed E-state index contributed by atoms with van der Waals surface area (Å²) in [5, 5.41) is 11.7. The molecule has 0 spiro atoms. The SMILES string of the molecule is C[C@@H](Nc1nc2c(C(F)(F)F)cccc2c2nc(-c3cnn(C)c3)nn12)C(=O)N(C)CCN(C)C. The zero-order valence-corrected chi connectivity index (χ0v) is 20.0. The summed E-state index contributed by atoms with van der Waals surface area (Å²) < 4.78 is 44.3. The number of amides is 1. The molecule has 0 unspecified atom stereocenters. The van der Waals surface area contributed by atoms with Crippen LogP contribution in [0.4, 0.5) is 19.1 Å². The van der Waals surface area contributed by atoms with Crippen molar-refractivity contribution in [3.05, 3.63) is 36.2 Å². The first-order valence-electron chi connectivity index (χ1n) is 10.9. The number of halogens is 3. The minimum atomic E-state index is -4.62. The second-order valence-corrected chi connectivity index (χ2v) is 8.64. The first kappa shape index (κ1) is 24.4. The van der Waals surface area contributed by atoms with Crippen molar-refractivity contribution in [1.82, 2.24) is 39.2 Å². The monoisotopic (exact) mass is 489 g/mol. The number of hydrogen-bond acceptors (Lipinski definition) is 7. The fourth-order valence-corrected chi connectivity index (χ4v) is 3.66. The van der Waals surface area contributed by atoms with Crippen molar-refractivity contribution >= 4 is 28.4 Å². The van der Waals surface area contributed by atoms with Gasteiger partial charge in [0.25, 0.3) is 0 Å². The normalized spacial score (nSPS) is 13.1. The molecule has 4 rings (SSSR count). The fraction of sp³-hybridized carbons (Fsp3) is 0.409. The van der Waals surface area contributed by atoms with E-state index in [-0.39, 0.29) is 34.2 Å².